The summed E-state index contributed by atoms with van der Waals surface area (Å²) in [4.78, 5) is 0. The van der Waals surface area contributed by atoms with E-state index in [0.29, 0.717) is 5.54 Å². The summed E-state index contributed by atoms with van der Waals surface area (Å²) in [5.41, 5.74) is 1.84. The molecule has 1 aromatic rings. The third-order valence-electron chi connectivity index (χ3n) is 3.47. The highest BCUT2D eigenvalue weighted by molar-refractivity contribution is 5.11. The number of nitrogens with one attached hydrogen (secondary N) is 1. The van der Waals surface area contributed by atoms with Crippen LogP contribution >= 0.6 is 0 Å². The molecule has 0 amide bonds. The van der Waals surface area contributed by atoms with Crippen LogP contribution in [0.2, 0.25) is 0 Å². The second kappa shape index (κ2) is 4.40. The summed E-state index contributed by atoms with van der Waals surface area (Å²) in [6.07, 6.45) is 9.72. The summed E-state index contributed by atoms with van der Waals surface area (Å²) in [5, 5.41) is 3.65. The second-order valence-electron chi connectivity index (χ2n) is 5.03. The molecule has 0 atom stereocenters. The Hall–Kier alpha value is -0.760. The molecule has 0 unspecified atom stereocenters. The first-order valence-electron chi connectivity index (χ1n) is 6.11. The van der Waals surface area contributed by atoms with Crippen molar-refractivity contribution < 1.29 is 0 Å². The Bertz CT molecular complexity index is 310. The molecule has 1 aromatic heterocycles. The van der Waals surface area contributed by atoms with Gasteiger partial charge in [-0.05, 0) is 44.2 Å². The lowest BCUT2D eigenvalue weighted by atomic mass is 9.78. The van der Waals surface area contributed by atoms with Crippen molar-refractivity contribution >= 4 is 0 Å². The van der Waals surface area contributed by atoms with E-state index in [1.54, 1.807) is 0 Å². The van der Waals surface area contributed by atoms with Crippen LogP contribution in [0, 0.1) is 0 Å². The lowest BCUT2D eigenvalue weighted by Crippen LogP contribution is -2.47. The molecule has 0 bridgehead atoms. The molecule has 2 rings (SSSR count). The van der Waals surface area contributed by atoms with Gasteiger partial charge in [-0.2, -0.15) is 0 Å². The first-order valence-corrected chi connectivity index (χ1v) is 6.11. The summed E-state index contributed by atoms with van der Waals surface area (Å²) >= 11 is 0. The standard InChI is InChI=1S/C13H22N2/c1-3-8-15-9-5-12(11-15)10-14-13(2)6-4-7-13/h5,9,11,14H,3-4,6-8,10H2,1-2H3. The van der Waals surface area contributed by atoms with Crippen LogP contribution in [0.5, 0.6) is 0 Å². The Morgan fingerprint density at radius 3 is 2.87 bits per heavy atom. The van der Waals surface area contributed by atoms with Gasteiger partial charge in [-0.3, -0.25) is 0 Å². The minimum absolute atomic E-state index is 0.423. The van der Waals surface area contributed by atoms with Crippen LogP contribution in [0.25, 0.3) is 0 Å². The Labute approximate surface area is 92.7 Å². The van der Waals surface area contributed by atoms with Gasteiger partial charge in [0.15, 0.2) is 0 Å². The van der Waals surface area contributed by atoms with E-state index in [0.717, 1.165) is 13.1 Å². The van der Waals surface area contributed by atoms with Gasteiger partial charge in [0, 0.05) is 31.0 Å². The fourth-order valence-electron chi connectivity index (χ4n) is 2.19. The molecule has 2 heteroatoms. The van der Waals surface area contributed by atoms with Crippen LogP contribution in [-0.2, 0) is 13.1 Å². The second-order valence-corrected chi connectivity index (χ2v) is 5.03. The normalized spacial score (nSPS) is 18.8. The molecule has 2 nitrogen and oxygen atoms in total. The van der Waals surface area contributed by atoms with E-state index in [2.05, 4.69) is 42.2 Å². The Kier molecular flexibility index (Phi) is 3.15. The summed E-state index contributed by atoms with van der Waals surface area (Å²) in [6, 6.07) is 2.23. The van der Waals surface area contributed by atoms with Gasteiger partial charge in [0.25, 0.3) is 0 Å². The van der Waals surface area contributed by atoms with Crippen molar-refractivity contribution in [1.29, 1.82) is 0 Å². The van der Waals surface area contributed by atoms with Crippen LogP contribution in [-0.4, -0.2) is 10.1 Å². The van der Waals surface area contributed by atoms with Crippen molar-refractivity contribution in [3.63, 3.8) is 0 Å². The number of hydrogen-bond donors (Lipinski definition) is 1. The minimum Gasteiger partial charge on any atom is -0.354 e. The zero-order chi connectivity index (χ0) is 10.7. The molecule has 0 saturated heterocycles. The summed E-state index contributed by atoms with van der Waals surface area (Å²) in [6.45, 7) is 6.71. The molecule has 0 spiro atoms. The zero-order valence-electron chi connectivity index (χ0n) is 9.92. The molecule has 1 aliphatic rings. The SMILES string of the molecule is CCCn1ccc(CNC2(C)CCC2)c1. The van der Waals surface area contributed by atoms with Gasteiger partial charge in [-0.1, -0.05) is 6.92 Å². The van der Waals surface area contributed by atoms with E-state index in [-0.39, 0.29) is 0 Å². The third kappa shape index (κ3) is 2.63. The molecule has 1 heterocycles. The predicted molar refractivity (Wildman–Crippen MR) is 63.8 cm³/mol. The largest absolute Gasteiger partial charge is 0.354 e. The number of aromatic nitrogens is 1. The third-order valence-corrected chi connectivity index (χ3v) is 3.47. The van der Waals surface area contributed by atoms with Crippen LogP contribution < -0.4 is 5.32 Å². The number of nitrogens with zero attached hydrogens (tertiary/aromatic N) is 1. The predicted octanol–water partition coefficient (Wildman–Crippen LogP) is 2.93. The molecule has 15 heavy (non-hydrogen) atoms. The number of aryl methyl sites for hydroxylation is 1. The number of hydrogen-bond acceptors (Lipinski definition) is 1. The van der Waals surface area contributed by atoms with Gasteiger partial charge >= 0.3 is 0 Å². The highest BCUT2D eigenvalue weighted by atomic mass is 15.0. The monoisotopic (exact) mass is 206 g/mol. The van der Waals surface area contributed by atoms with Gasteiger partial charge in [0.1, 0.15) is 0 Å². The lowest BCUT2D eigenvalue weighted by molar-refractivity contribution is 0.207. The molecule has 1 fully saturated rings. The van der Waals surface area contributed by atoms with E-state index in [1.165, 1.54) is 31.2 Å². The van der Waals surface area contributed by atoms with Crippen molar-refractivity contribution in [2.75, 3.05) is 0 Å². The fraction of sp³-hybridized carbons (Fsp3) is 0.692. The highest BCUT2D eigenvalue weighted by Gasteiger charge is 2.30. The van der Waals surface area contributed by atoms with E-state index in [4.69, 9.17) is 0 Å². The van der Waals surface area contributed by atoms with Crippen molar-refractivity contribution in [2.45, 2.75) is 58.2 Å². The van der Waals surface area contributed by atoms with Gasteiger partial charge in [0.2, 0.25) is 0 Å². The van der Waals surface area contributed by atoms with Crippen LogP contribution in [0.3, 0.4) is 0 Å². The van der Waals surface area contributed by atoms with Crippen molar-refractivity contribution in [2.24, 2.45) is 0 Å². The van der Waals surface area contributed by atoms with E-state index >= 15 is 0 Å². The van der Waals surface area contributed by atoms with Crippen LogP contribution in [0.15, 0.2) is 18.5 Å². The molecule has 1 N–H and O–H groups in total. The molecular weight excluding hydrogens is 184 g/mol. The smallest absolute Gasteiger partial charge is 0.0225 e. The highest BCUT2D eigenvalue weighted by Crippen LogP contribution is 2.31. The molecule has 0 aromatic carbocycles. The van der Waals surface area contributed by atoms with Crippen molar-refractivity contribution in [1.82, 2.24) is 9.88 Å². The average molecular weight is 206 g/mol. The van der Waals surface area contributed by atoms with Crippen LogP contribution in [0.4, 0.5) is 0 Å². The molecule has 0 radical (unpaired) electrons. The van der Waals surface area contributed by atoms with Gasteiger partial charge in [-0.25, -0.2) is 0 Å². The summed E-state index contributed by atoms with van der Waals surface area (Å²) < 4.78 is 2.28. The fourth-order valence-corrected chi connectivity index (χ4v) is 2.19. The van der Waals surface area contributed by atoms with Gasteiger partial charge in [0.05, 0.1) is 0 Å². The first kappa shape index (κ1) is 10.7. The average Bonchev–Trinajstić information content (AvgIpc) is 2.60. The minimum atomic E-state index is 0.423. The van der Waals surface area contributed by atoms with Gasteiger partial charge in [-0.15, -0.1) is 0 Å². The van der Waals surface area contributed by atoms with Gasteiger partial charge < -0.3 is 9.88 Å². The molecule has 84 valence electrons. The Balaban J connectivity index is 1.82. The Morgan fingerprint density at radius 1 is 1.47 bits per heavy atom. The molecule has 1 aliphatic carbocycles. The first-order chi connectivity index (χ1) is 7.22. The summed E-state index contributed by atoms with van der Waals surface area (Å²) in [5.74, 6) is 0. The number of rotatable bonds is 5. The van der Waals surface area contributed by atoms with Crippen molar-refractivity contribution in [3.05, 3.63) is 24.0 Å². The molecule has 1 saturated carbocycles. The maximum Gasteiger partial charge on any atom is 0.0225 e. The molecular formula is C13H22N2. The topological polar surface area (TPSA) is 17.0 Å². The lowest BCUT2D eigenvalue weighted by Gasteiger charge is -2.39. The maximum absolute atomic E-state index is 3.65. The van der Waals surface area contributed by atoms with E-state index < -0.39 is 0 Å². The zero-order valence-corrected chi connectivity index (χ0v) is 9.92. The van der Waals surface area contributed by atoms with E-state index in [9.17, 15) is 0 Å². The Morgan fingerprint density at radius 2 is 2.27 bits per heavy atom. The van der Waals surface area contributed by atoms with Crippen molar-refractivity contribution in [3.8, 4) is 0 Å². The summed E-state index contributed by atoms with van der Waals surface area (Å²) in [7, 11) is 0. The maximum atomic E-state index is 3.65. The quantitative estimate of drug-likeness (QED) is 0.784. The molecule has 0 aliphatic heterocycles. The van der Waals surface area contributed by atoms with E-state index in [1.807, 2.05) is 0 Å². The van der Waals surface area contributed by atoms with Crippen LogP contribution in [0.1, 0.15) is 45.1 Å².